The standard InChI is InChI=1S/C21H30N4O3.HI/c1-5-27-18-9-7-17(8-10-18)15-25(4)21(22-3)24-13-6-12-23-20(26)19-16(2)11-14-28-19;/h7-11,14H,5-6,12-13,15H2,1-4H3,(H,22,24)(H,23,26);1H. The molecule has 1 aromatic carbocycles. The zero-order valence-electron chi connectivity index (χ0n) is 17.5. The Morgan fingerprint density at radius 3 is 2.45 bits per heavy atom. The summed E-state index contributed by atoms with van der Waals surface area (Å²) in [5.41, 5.74) is 2.02. The van der Waals surface area contributed by atoms with E-state index in [0.29, 0.717) is 25.5 Å². The molecule has 2 rings (SSSR count). The summed E-state index contributed by atoms with van der Waals surface area (Å²) in [5, 5.41) is 6.18. The Kier molecular flexibility index (Phi) is 11.2. The minimum Gasteiger partial charge on any atom is -0.494 e. The van der Waals surface area contributed by atoms with Crippen molar-refractivity contribution in [3.63, 3.8) is 0 Å². The quantitative estimate of drug-likeness (QED) is 0.232. The molecule has 0 saturated carbocycles. The van der Waals surface area contributed by atoms with E-state index in [1.807, 2.05) is 33.0 Å². The fraction of sp³-hybridized carbons (Fsp3) is 0.429. The lowest BCUT2D eigenvalue weighted by atomic mass is 10.2. The van der Waals surface area contributed by atoms with Gasteiger partial charge in [0.25, 0.3) is 5.91 Å². The fourth-order valence-electron chi connectivity index (χ4n) is 2.77. The van der Waals surface area contributed by atoms with Crippen molar-refractivity contribution in [3.8, 4) is 5.75 Å². The zero-order chi connectivity index (χ0) is 20.4. The highest BCUT2D eigenvalue weighted by molar-refractivity contribution is 14.0. The lowest BCUT2D eigenvalue weighted by Gasteiger charge is -2.22. The second-order valence-electron chi connectivity index (χ2n) is 6.45. The van der Waals surface area contributed by atoms with E-state index in [1.165, 1.54) is 11.8 Å². The molecule has 0 aliphatic rings. The van der Waals surface area contributed by atoms with E-state index in [0.717, 1.165) is 30.2 Å². The van der Waals surface area contributed by atoms with Gasteiger partial charge < -0.3 is 24.7 Å². The molecule has 0 atom stereocenters. The number of carbonyl (C=O) groups is 1. The third-order valence-corrected chi connectivity index (χ3v) is 4.22. The molecule has 0 radical (unpaired) electrons. The number of aryl methyl sites for hydroxylation is 1. The number of amides is 1. The van der Waals surface area contributed by atoms with Crippen molar-refractivity contribution in [2.24, 2.45) is 4.99 Å². The molecule has 0 fully saturated rings. The van der Waals surface area contributed by atoms with Crippen LogP contribution in [0, 0.1) is 6.92 Å². The monoisotopic (exact) mass is 514 g/mol. The maximum atomic E-state index is 12.0. The van der Waals surface area contributed by atoms with Gasteiger partial charge in [-0.3, -0.25) is 9.79 Å². The van der Waals surface area contributed by atoms with Crippen LogP contribution in [0.1, 0.15) is 35.0 Å². The minimum atomic E-state index is -0.181. The van der Waals surface area contributed by atoms with Crippen LogP contribution in [0.5, 0.6) is 5.75 Å². The Labute approximate surface area is 189 Å². The molecule has 2 aromatic rings. The minimum absolute atomic E-state index is 0. The molecule has 0 unspecified atom stereocenters. The Morgan fingerprint density at radius 1 is 1.17 bits per heavy atom. The van der Waals surface area contributed by atoms with Crippen LogP contribution in [0.2, 0.25) is 0 Å². The van der Waals surface area contributed by atoms with Crippen LogP contribution in [0.3, 0.4) is 0 Å². The van der Waals surface area contributed by atoms with Gasteiger partial charge >= 0.3 is 0 Å². The van der Waals surface area contributed by atoms with Crippen LogP contribution >= 0.6 is 24.0 Å². The Bertz CT molecular complexity index is 774. The molecule has 1 aromatic heterocycles. The van der Waals surface area contributed by atoms with Crippen molar-refractivity contribution in [3.05, 3.63) is 53.5 Å². The molecule has 7 nitrogen and oxygen atoms in total. The maximum Gasteiger partial charge on any atom is 0.287 e. The Hall–Kier alpha value is -2.23. The van der Waals surface area contributed by atoms with Crippen LogP contribution in [-0.2, 0) is 6.54 Å². The summed E-state index contributed by atoms with van der Waals surface area (Å²) in [6, 6.07) is 9.85. The van der Waals surface area contributed by atoms with Crippen molar-refractivity contribution in [1.82, 2.24) is 15.5 Å². The van der Waals surface area contributed by atoms with Crippen LogP contribution in [0.15, 0.2) is 46.0 Å². The summed E-state index contributed by atoms with van der Waals surface area (Å²) in [4.78, 5) is 18.4. The molecular weight excluding hydrogens is 483 g/mol. The number of nitrogens with zero attached hydrogens (tertiary/aromatic N) is 2. The SMILES string of the molecule is CCOc1ccc(CN(C)C(=NC)NCCCNC(=O)c2occc2C)cc1.I. The molecular formula is C21H31IN4O3. The van der Waals surface area contributed by atoms with E-state index in [1.54, 1.807) is 13.1 Å². The van der Waals surface area contributed by atoms with E-state index >= 15 is 0 Å². The molecule has 160 valence electrons. The van der Waals surface area contributed by atoms with Gasteiger partial charge in [-0.25, -0.2) is 0 Å². The topological polar surface area (TPSA) is 79.1 Å². The van der Waals surface area contributed by atoms with E-state index in [2.05, 4.69) is 32.7 Å². The molecule has 1 amide bonds. The third-order valence-electron chi connectivity index (χ3n) is 4.22. The average Bonchev–Trinajstić information content (AvgIpc) is 3.12. The molecule has 1 heterocycles. The summed E-state index contributed by atoms with van der Waals surface area (Å²) >= 11 is 0. The zero-order valence-corrected chi connectivity index (χ0v) is 19.9. The number of guanidine groups is 1. The smallest absolute Gasteiger partial charge is 0.287 e. The molecule has 2 N–H and O–H groups in total. The van der Waals surface area contributed by atoms with Crippen LogP contribution in [0.25, 0.3) is 0 Å². The fourth-order valence-corrected chi connectivity index (χ4v) is 2.77. The summed E-state index contributed by atoms with van der Waals surface area (Å²) < 4.78 is 10.7. The second-order valence-corrected chi connectivity index (χ2v) is 6.45. The van der Waals surface area contributed by atoms with E-state index in [4.69, 9.17) is 9.15 Å². The molecule has 0 spiro atoms. The predicted molar refractivity (Wildman–Crippen MR) is 126 cm³/mol. The molecule has 0 aliphatic heterocycles. The number of carbonyl (C=O) groups excluding carboxylic acids is 1. The molecule has 8 heteroatoms. The van der Waals surface area contributed by atoms with Gasteiger partial charge in [0.2, 0.25) is 0 Å². The van der Waals surface area contributed by atoms with Gasteiger partial charge in [-0.05, 0) is 44.0 Å². The summed E-state index contributed by atoms with van der Waals surface area (Å²) in [7, 11) is 3.76. The van der Waals surface area contributed by atoms with Crippen molar-refractivity contribution in [2.45, 2.75) is 26.8 Å². The number of halogens is 1. The first-order valence-corrected chi connectivity index (χ1v) is 9.51. The predicted octanol–water partition coefficient (Wildman–Crippen LogP) is 3.43. The van der Waals surface area contributed by atoms with Gasteiger partial charge in [-0.2, -0.15) is 0 Å². The molecule has 0 bridgehead atoms. The largest absolute Gasteiger partial charge is 0.494 e. The number of nitrogens with one attached hydrogen (secondary N) is 2. The first-order chi connectivity index (χ1) is 13.5. The normalized spacial score (nSPS) is 10.8. The number of benzene rings is 1. The summed E-state index contributed by atoms with van der Waals surface area (Å²) in [6.45, 7) is 6.49. The number of hydrogen-bond acceptors (Lipinski definition) is 4. The summed E-state index contributed by atoms with van der Waals surface area (Å²) in [5.74, 6) is 1.88. The number of hydrogen-bond donors (Lipinski definition) is 2. The van der Waals surface area contributed by atoms with E-state index in [9.17, 15) is 4.79 Å². The molecule has 0 saturated heterocycles. The first kappa shape index (κ1) is 24.8. The lowest BCUT2D eigenvalue weighted by Crippen LogP contribution is -2.39. The van der Waals surface area contributed by atoms with Crippen molar-refractivity contribution in [1.29, 1.82) is 0 Å². The van der Waals surface area contributed by atoms with Gasteiger partial charge in [-0.15, -0.1) is 24.0 Å². The van der Waals surface area contributed by atoms with Crippen LogP contribution < -0.4 is 15.4 Å². The second kappa shape index (κ2) is 13.1. The van der Waals surface area contributed by atoms with Crippen LogP contribution in [0.4, 0.5) is 0 Å². The molecule has 29 heavy (non-hydrogen) atoms. The van der Waals surface area contributed by atoms with Gasteiger partial charge in [0, 0.05) is 39.3 Å². The number of rotatable bonds is 9. The number of aliphatic imine (C=N–C) groups is 1. The van der Waals surface area contributed by atoms with Crippen molar-refractivity contribution < 1.29 is 13.9 Å². The van der Waals surface area contributed by atoms with Gasteiger partial charge in [0.05, 0.1) is 12.9 Å². The number of ether oxygens (including phenoxy) is 1. The summed E-state index contributed by atoms with van der Waals surface area (Å²) in [6.07, 6.45) is 2.30. The van der Waals surface area contributed by atoms with Crippen molar-refractivity contribution in [2.75, 3.05) is 33.8 Å². The van der Waals surface area contributed by atoms with Gasteiger partial charge in [0.15, 0.2) is 11.7 Å². The highest BCUT2D eigenvalue weighted by Crippen LogP contribution is 2.13. The highest BCUT2D eigenvalue weighted by atomic mass is 127. The maximum absolute atomic E-state index is 12.0. The Morgan fingerprint density at radius 2 is 1.86 bits per heavy atom. The van der Waals surface area contributed by atoms with E-state index < -0.39 is 0 Å². The van der Waals surface area contributed by atoms with Crippen LogP contribution in [-0.4, -0.2) is 50.6 Å². The highest BCUT2D eigenvalue weighted by Gasteiger charge is 2.11. The first-order valence-electron chi connectivity index (χ1n) is 9.51. The van der Waals surface area contributed by atoms with Crippen molar-refractivity contribution >= 4 is 35.8 Å². The van der Waals surface area contributed by atoms with Gasteiger partial charge in [0.1, 0.15) is 5.75 Å². The molecule has 0 aliphatic carbocycles. The van der Waals surface area contributed by atoms with E-state index in [-0.39, 0.29) is 29.9 Å². The average molecular weight is 514 g/mol. The lowest BCUT2D eigenvalue weighted by molar-refractivity contribution is 0.0925. The van der Waals surface area contributed by atoms with Gasteiger partial charge in [-0.1, -0.05) is 12.1 Å². The third kappa shape index (κ3) is 7.96. The Balaban J connectivity index is 0.00000420. The number of furan rings is 1.